The summed E-state index contributed by atoms with van der Waals surface area (Å²) in [6, 6.07) is -0.711. The molecule has 0 spiro atoms. The van der Waals surface area contributed by atoms with Crippen molar-refractivity contribution in [3.05, 3.63) is 22.5 Å². The molecule has 0 bridgehead atoms. The fraction of sp³-hybridized carbons (Fsp3) is 0.556. The zero-order valence-corrected chi connectivity index (χ0v) is 8.51. The van der Waals surface area contributed by atoms with Crippen LogP contribution in [0.5, 0.6) is 0 Å². The van der Waals surface area contributed by atoms with Crippen LogP contribution in [0.4, 0.5) is 10.2 Å². The molecule has 88 valence electrons. The number of hydrogen-bond donors (Lipinski definition) is 3. The highest BCUT2D eigenvalue weighted by Crippen LogP contribution is 2.28. The number of halogens is 1. The van der Waals surface area contributed by atoms with Crippen LogP contribution in [0.1, 0.15) is 18.9 Å². The molecule has 5 N–H and O–H groups in total. The maximum Gasteiger partial charge on any atom is 0.349 e. The van der Waals surface area contributed by atoms with Crippen molar-refractivity contribution in [2.24, 2.45) is 5.73 Å². The molecule has 1 saturated carbocycles. The van der Waals surface area contributed by atoms with Crippen molar-refractivity contribution in [1.82, 2.24) is 9.55 Å². The van der Waals surface area contributed by atoms with Gasteiger partial charge in [-0.25, -0.2) is 9.18 Å². The summed E-state index contributed by atoms with van der Waals surface area (Å²) in [4.78, 5) is 14.8. The number of aliphatic hydroxyl groups excluding tert-OH is 1. The summed E-state index contributed by atoms with van der Waals surface area (Å²) in [7, 11) is 0. The maximum absolute atomic E-state index is 13.2. The van der Waals surface area contributed by atoms with Gasteiger partial charge in [-0.15, -0.1) is 0 Å². The summed E-state index contributed by atoms with van der Waals surface area (Å²) < 4.78 is 14.3. The number of nitrogens with zero attached hydrogens (tertiary/aromatic N) is 2. The van der Waals surface area contributed by atoms with Crippen molar-refractivity contribution in [3.8, 4) is 0 Å². The fourth-order valence-electron chi connectivity index (χ4n) is 1.97. The summed E-state index contributed by atoms with van der Waals surface area (Å²) in [5, 5.41) is 9.46. The Labute approximate surface area is 90.7 Å². The predicted octanol–water partition coefficient (Wildman–Crippen LogP) is -1.01. The first-order valence-corrected chi connectivity index (χ1v) is 4.97. The third-order valence-electron chi connectivity index (χ3n) is 2.88. The molecule has 1 heterocycles. The van der Waals surface area contributed by atoms with E-state index in [-0.39, 0.29) is 6.04 Å². The SMILES string of the molecule is Nc1nc(=O)n([C@@H]2C[C@@H](N)[C@H](O)C2)cc1F. The molecule has 0 radical (unpaired) electrons. The molecule has 1 aliphatic carbocycles. The Balaban J connectivity index is 2.35. The van der Waals surface area contributed by atoms with E-state index >= 15 is 0 Å². The van der Waals surface area contributed by atoms with Gasteiger partial charge >= 0.3 is 5.69 Å². The monoisotopic (exact) mass is 228 g/mol. The number of anilines is 1. The van der Waals surface area contributed by atoms with Crippen LogP contribution in [0.25, 0.3) is 0 Å². The van der Waals surface area contributed by atoms with Crippen LogP contribution in [-0.4, -0.2) is 26.8 Å². The van der Waals surface area contributed by atoms with Crippen molar-refractivity contribution in [3.63, 3.8) is 0 Å². The van der Waals surface area contributed by atoms with Gasteiger partial charge in [-0.05, 0) is 12.8 Å². The molecule has 1 fully saturated rings. The maximum atomic E-state index is 13.2. The summed E-state index contributed by atoms with van der Waals surface area (Å²) in [6.07, 6.45) is 1.09. The van der Waals surface area contributed by atoms with Gasteiger partial charge in [0.1, 0.15) is 0 Å². The van der Waals surface area contributed by atoms with E-state index in [1.165, 1.54) is 0 Å². The lowest BCUT2D eigenvalue weighted by atomic mass is 10.2. The van der Waals surface area contributed by atoms with Gasteiger partial charge < -0.3 is 16.6 Å². The van der Waals surface area contributed by atoms with Crippen LogP contribution >= 0.6 is 0 Å². The number of aromatic nitrogens is 2. The lowest BCUT2D eigenvalue weighted by Crippen LogP contribution is -2.29. The van der Waals surface area contributed by atoms with E-state index in [4.69, 9.17) is 11.5 Å². The van der Waals surface area contributed by atoms with Gasteiger partial charge in [-0.2, -0.15) is 4.98 Å². The average molecular weight is 228 g/mol. The van der Waals surface area contributed by atoms with Crippen LogP contribution in [0.3, 0.4) is 0 Å². The van der Waals surface area contributed by atoms with Crippen LogP contribution in [0.2, 0.25) is 0 Å². The Morgan fingerprint density at radius 1 is 1.56 bits per heavy atom. The zero-order chi connectivity index (χ0) is 11.9. The molecule has 0 aromatic carbocycles. The summed E-state index contributed by atoms with van der Waals surface area (Å²) in [5.41, 5.74) is 10.2. The molecule has 16 heavy (non-hydrogen) atoms. The second kappa shape index (κ2) is 3.84. The highest BCUT2D eigenvalue weighted by Gasteiger charge is 2.32. The van der Waals surface area contributed by atoms with Gasteiger partial charge in [-0.3, -0.25) is 4.57 Å². The Bertz CT molecular complexity index is 451. The van der Waals surface area contributed by atoms with Gasteiger partial charge in [-0.1, -0.05) is 0 Å². The Kier molecular flexibility index (Phi) is 2.64. The molecule has 0 unspecified atom stereocenters. The smallest absolute Gasteiger partial charge is 0.349 e. The highest BCUT2D eigenvalue weighted by atomic mass is 19.1. The number of hydrogen-bond acceptors (Lipinski definition) is 5. The predicted molar refractivity (Wildman–Crippen MR) is 55.1 cm³/mol. The molecular weight excluding hydrogens is 215 g/mol. The van der Waals surface area contributed by atoms with Gasteiger partial charge in [0.15, 0.2) is 11.6 Å². The van der Waals surface area contributed by atoms with Gasteiger partial charge in [0.05, 0.1) is 6.10 Å². The lowest BCUT2D eigenvalue weighted by Gasteiger charge is -2.12. The molecule has 1 aromatic heterocycles. The Morgan fingerprint density at radius 2 is 2.25 bits per heavy atom. The molecule has 1 aromatic rings. The lowest BCUT2D eigenvalue weighted by molar-refractivity contribution is 0.161. The van der Waals surface area contributed by atoms with Gasteiger partial charge in [0.25, 0.3) is 0 Å². The standard InChI is InChI=1S/C9H13FN4O2/c10-5-3-14(9(16)13-8(5)12)4-1-6(11)7(15)2-4/h3-4,6-7,15H,1-2,11H2,(H2,12,13,16)/t4-,6-,7-/m1/s1. The summed E-state index contributed by atoms with van der Waals surface area (Å²) in [6.45, 7) is 0. The van der Waals surface area contributed by atoms with Crippen molar-refractivity contribution < 1.29 is 9.50 Å². The number of nitrogens with two attached hydrogens (primary N) is 2. The third kappa shape index (κ3) is 1.79. The van der Waals surface area contributed by atoms with E-state index in [0.29, 0.717) is 12.8 Å². The van der Waals surface area contributed by atoms with Crippen LogP contribution in [-0.2, 0) is 0 Å². The number of rotatable bonds is 1. The molecule has 2 rings (SSSR count). The number of aliphatic hydroxyl groups is 1. The first kappa shape index (κ1) is 11.0. The molecule has 7 heteroatoms. The van der Waals surface area contributed by atoms with Crippen molar-refractivity contribution in [1.29, 1.82) is 0 Å². The van der Waals surface area contributed by atoms with E-state index in [9.17, 15) is 14.3 Å². The normalized spacial score (nSPS) is 29.6. The molecule has 0 aliphatic heterocycles. The minimum absolute atomic E-state index is 0.319. The van der Waals surface area contributed by atoms with E-state index in [2.05, 4.69) is 4.98 Å². The van der Waals surface area contributed by atoms with Crippen LogP contribution in [0, 0.1) is 5.82 Å². The van der Waals surface area contributed by atoms with E-state index in [1.807, 2.05) is 0 Å². The fourth-order valence-corrected chi connectivity index (χ4v) is 1.97. The highest BCUT2D eigenvalue weighted by molar-refractivity contribution is 5.26. The quantitative estimate of drug-likeness (QED) is 0.570. The molecule has 1 aliphatic rings. The summed E-state index contributed by atoms with van der Waals surface area (Å²) in [5.74, 6) is -1.15. The van der Waals surface area contributed by atoms with Crippen molar-refractivity contribution in [2.75, 3.05) is 5.73 Å². The molecular formula is C9H13FN4O2. The van der Waals surface area contributed by atoms with E-state index in [1.54, 1.807) is 0 Å². The molecule has 0 amide bonds. The first-order chi connectivity index (χ1) is 7.49. The molecule has 6 nitrogen and oxygen atoms in total. The van der Waals surface area contributed by atoms with E-state index in [0.717, 1.165) is 10.8 Å². The second-order valence-corrected chi connectivity index (χ2v) is 4.02. The second-order valence-electron chi connectivity index (χ2n) is 4.02. The van der Waals surface area contributed by atoms with Crippen molar-refractivity contribution in [2.45, 2.75) is 31.0 Å². The zero-order valence-electron chi connectivity index (χ0n) is 8.51. The third-order valence-corrected chi connectivity index (χ3v) is 2.88. The van der Waals surface area contributed by atoms with E-state index < -0.39 is 29.5 Å². The minimum atomic E-state index is -0.741. The Morgan fingerprint density at radius 3 is 2.81 bits per heavy atom. The Hall–Kier alpha value is -1.47. The molecule has 3 atom stereocenters. The molecule has 0 saturated heterocycles. The minimum Gasteiger partial charge on any atom is -0.391 e. The topological polar surface area (TPSA) is 107 Å². The average Bonchev–Trinajstić information content (AvgIpc) is 2.53. The van der Waals surface area contributed by atoms with Gasteiger partial charge in [0.2, 0.25) is 0 Å². The van der Waals surface area contributed by atoms with Gasteiger partial charge in [0, 0.05) is 18.3 Å². The summed E-state index contributed by atoms with van der Waals surface area (Å²) >= 11 is 0. The van der Waals surface area contributed by atoms with Crippen LogP contribution < -0.4 is 17.2 Å². The number of nitrogen functional groups attached to an aromatic ring is 1. The van der Waals surface area contributed by atoms with Crippen molar-refractivity contribution >= 4 is 5.82 Å². The van der Waals surface area contributed by atoms with Crippen LogP contribution in [0.15, 0.2) is 11.0 Å². The largest absolute Gasteiger partial charge is 0.391 e. The first-order valence-electron chi connectivity index (χ1n) is 4.97.